The van der Waals surface area contributed by atoms with Gasteiger partial charge in [0, 0.05) is 0 Å². The summed E-state index contributed by atoms with van der Waals surface area (Å²) in [5.74, 6) is -1.96. The number of hydrogen-bond acceptors (Lipinski definition) is 2. The standard InChI is InChI=1S/C14H9F2NO/c1-9-2-4-11(5-3-9)18-14-12(15)6-10(8-17)7-13(14)16/h2-7H,1H3. The lowest BCUT2D eigenvalue weighted by Gasteiger charge is -2.08. The summed E-state index contributed by atoms with van der Waals surface area (Å²) in [7, 11) is 0. The van der Waals surface area contributed by atoms with Crippen LogP contribution in [0.25, 0.3) is 0 Å². The quantitative estimate of drug-likeness (QED) is 0.802. The van der Waals surface area contributed by atoms with Crippen molar-refractivity contribution in [3.8, 4) is 17.6 Å². The maximum Gasteiger partial charge on any atom is 0.198 e. The molecule has 0 aliphatic rings. The first kappa shape index (κ1) is 12.1. The van der Waals surface area contributed by atoms with Crippen molar-refractivity contribution in [3.63, 3.8) is 0 Å². The van der Waals surface area contributed by atoms with Gasteiger partial charge >= 0.3 is 0 Å². The van der Waals surface area contributed by atoms with Crippen LogP contribution >= 0.6 is 0 Å². The van der Waals surface area contributed by atoms with Crippen LogP contribution < -0.4 is 4.74 Å². The number of nitriles is 1. The molecule has 0 aliphatic heterocycles. The van der Waals surface area contributed by atoms with E-state index in [0.717, 1.165) is 17.7 Å². The normalized spacial score (nSPS) is 9.89. The van der Waals surface area contributed by atoms with Crippen molar-refractivity contribution in [2.24, 2.45) is 0 Å². The lowest BCUT2D eigenvalue weighted by Crippen LogP contribution is -1.94. The number of nitrogens with zero attached hydrogens (tertiary/aromatic N) is 1. The molecule has 2 nitrogen and oxygen atoms in total. The number of ether oxygens (including phenoxy) is 1. The molecule has 0 radical (unpaired) electrons. The second-order valence-corrected chi connectivity index (χ2v) is 3.80. The van der Waals surface area contributed by atoms with Crippen LogP contribution in [0.3, 0.4) is 0 Å². The number of aryl methyl sites for hydroxylation is 1. The molecule has 0 saturated heterocycles. The Kier molecular flexibility index (Phi) is 3.24. The first-order valence-corrected chi connectivity index (χ1v) is 5.24. The fraction of sp³-hybridized carbons (Fsp3) is 0.0714. The zero-order valence-electron chi connectivity index (χ0n) is 9.58. The van der Waals surface area contributed by atoms with E-state index in [-0.39, 0.29) is 5.56 Å². The summed E-state index contributed by atoms with van der Waals surface area (Å²) >= 11 is 0. The van der Waals surface area contributed by atoms with Gasteiger partial charge in [0.1, 0.15) is 5.75 Å². The minimum atomic E-state index is -0.896. The summed E-state index contributed by atoms with van der Waals surface area (Å²) in [6, 6.07) is 10.3. The number of benzene rings is 2. The summed E-state index contributed by atoms with van der Waals surface area (Å²) in [6.07, 6.45) is 0. The minimum absolute atomic E-state index is 0.0822. The van der Waals surface area contributed by atoms with Gasteiger partial charge in [-0.1, -0.05) is 17.7 Å². The Morgan fingerprint density at radius 3 is 2.11 bits per heavy atom. The van der Waals surface area contributed by atoms with Gasteiger partial charge in [0.25, 0.3) is 0 Å². The van der Waals surface area contributed by atoms with Crippen molar-refractivity contribution in [2.75, 3.05) is 0 Å². The molecule has 2 rings (SSSR count). The van der Waals surface area contributed by atoms with Gasteiger partial charge in [0.2, 0.25) is 0 Å². The molecule has 18 heavy (non-hydrogen) atoms. The van der Waals surface area contributed by atoms with Gasteiger partial charge in [-0.3, -0.25) is 0 Å². The lowest BCUT2D eigenvalue weighted by atomic mass is 10.2. The Balaban J connectivity index is 2.35. The van der Waals surface area contributed by atoms with E-state index in [1.807, 2.05) is 6.92 Å². The Labute approximate surface area is 103 Å². The molecule has 0 aromatic heterocycles. The highest BCUT2D eigenvalue weighted by atomic mass is 19.1. The summed E-state index contributed by atoms with van der Waals surface area (Å²) in [4.78, 5) is 0. The Morgan fingerprint density at radius 2 is 1.61 bits per heavy atom. The SMILES string of the molecule is Cc1ccc(Oc2c(F)cc(C#N)cc2F)cc1. The van der Waals surface area contributed by atoms with Gasteiger partial charge in [-0.15, -0.1) is 0 Å². The van der Waals surface area contributed by atoms with Crippen LogP contribution in [0.4, 0.5) is 8.78 Å². The summed E-state index contributed by atoms with van der Waals surface area (Å²) in [6.45, 7) is 1.90. The van der Waals surface area contributed by atoms with Crippen LogP contribution in [0.5, 0.6) is 11.5 Å². The molecule has 2 aromatic rings. The second kappa shape index (κ2) is 4.84. The average molecular weight is 245 g/mol. The fourth-order valence-corrected chi connectivity index (χ4v) is 1.45. The van der Waals surface area contributed by atoms with Crippen LogP contribution in [-0.4, -0.2) is 0 Å². The monoisotopic (exact) mass is 245 g/mol. The Morgan fingerprint density at radius 1 is 1.06 bits per heavy atom. The highest BCUT2D eigenvalue weighted by Gasteiger charge is 2.13. The maximum absolute atomic E-state index is 13.5. The van der Waals surface area contributed by atoms with Crippen molar-refractivity contribution in [3.05, 3.63) is 59.2 Å². The van der Waals surface area contributed by atoms with E-state index >= 15 is 0 Å². The van der Waals surface area contributed by atoms with Crippen LogP contribution in [0.15, 0.2) is 36.4 Å². The van der Waals surface area contributed by atoms with Gasteiger partial charge in [-0.2, -0.15) is 5.26 Å². The van der Waals surface area contributed by atoms with Crippen LogP contribution in [0.1, 0.15) is 11.1 Å². The predicted molar refractivity (Wildman–Crippen MR) is 62.3 cm³/mol. The van der Waals surface area contributed by atoms with E-state index in [1.165, 1.54) is 0 Å². The molecular weight excluding hydrogens is 236 g/mol. The summed E-state index contributed by atoms with van der Waals surface area (Å²) in [5.41, 5.74) is 0.935. The van der Waals surface area contributed by atoms with Crippen LogP contribution in [0, 0.1) is 29.9 Å². The molecule has 0 amide bonds. The van der Waals surface area contributed by atoms with Crippen molar-refractivity contribution in [1.29, 1.82) is 5.26 Å². The molecule has 4 heteroatoms. The van der Waals surface area contributed by atoms with Crippen molar-refractivity contribution in [2.45, 2.75) is 6.92 Å². The molecule has 0 saturated carbocycles. The molecule has 0 bridgehead atoms. The molecule has 0 aliphatic carbocycles. The minimum Gasteiger partial charge on any atom is -0.451 e. The third-order valence-electron chi connectivity index (χ3n) is 2.37. The number of rotatable bonds is 2. The van der Waals surface area contributed by atoms with E-state index in [9.17, 15) is 8.78 Å². The predicted octanol–water partition coefficient (Wildman–Crippen LogP) is 3.94. The molecule has 0 fully saturated rings. The van der Waals surface area contributed by atoms with E-state index in [0.29, 0.717) is 5.75 Å². The van der Waals surface area contributed by atoms with Crippen molar-refractivity contribution >= 4 is 0 Å². The van der Waals surface area contributed by atoms with Gasteiger partial charge in [-0.25, -0.2) is 8.78 Å². The molecule has 2 aromatic carbocycles. The molecule has 0 unspecified atom stereocenters. The van der Waals surface area contributed by atoms with Gasteiger partial charge in [-0.05, 0) is 31.2 Å². The summed E-state index contributed by atoms with van der Waals surface area (Å²) in [5, 5.41) is 8.57. The first-order valence-electron chi connectivity index (χ1n) is 5.24. The highest BCUT2D eigenvalue weighted by molar-refractivity contribution is 5.40. The third kappa shape index (κ3) is 2.46. The lowest BCUT2D eigenvalue weighted by molar-refractivity contribution is 0.407. The fourth-order valence-electron chi connectivity index (χ4n) is 1.45. The zero-order chi connectivity index (χ0) is 13.1. The average Bonchev–Trinajstić information content (AvgIpc) is 2.35. The zero-order valence-corrected chi connectivity index (χ0v) is 9.58. The molecule has 0 N–H and O–H groups in total. The maximum atomic E-state index is 13.5. The Bertz CT molecular complexity index is 592. The first-order chi connectivity index (χ1) is 8.60. The smallest absolute Gasteiger partial charge is 0.198 e. The van der Waals surface area contributed by atoms with Gasteiger partial charge < -0.3 is 4.74 Å². The largest absolute Gasteiger partial charge is 0.451 e. The second-order valence-electron chi connectivity index (χ2n) is 3.80. The summed E-state index contributed by atoms with van der Waals surface area (Å²) < 4.78 is 32.2. The number of halogens is 2. The highest BCUT2D eigenvalue weighted by Crippen LogP contribution is 2.28. The van der Waals surface area contributed by atoms with Crippen LogP contribution in [-0.2, 0) is 0 Å². The van der Waals surface area contributed by atoms with E-state index in [1.54, 1.807) is 30.3 Å². The van der Waals surface area contributed by atoms with E-state index < -0.39 is 17.4 Å². The van der Waals surface area contributed by atoms with E-state index in [2.05, 4.69) is 0 Å². The van der Waals surface area contributed by atoms with Crippen molar-refractivity contribution < 1.29 is 13.5 Å². The third-order valence-corrected chi connectivity index (χ3v) is 2.37. The topological polar surface area (TPSA) is 33.0 Å². The van der Waals surface area contributed by atoms with Crippen molar-refractivity contribution in [1.82, 2.24) is 0 Å². The molecule has 0 atom stereocenters. The molecular formula is C14H9F2NO. The van der Waals surface area contributed by atoms with E-state index in [4.69, 9.17) is 10.00 Å². The molecule has 0 heterocycles. The Hall–Kier alpha value is -2.41. The van der Waals surface area contributed by atoms with Gasteiger partial charge in [0.15, 0.2) is 17.4 Å². The molecule has 90 valence electrons. The van der Waals surface area contributed by atoms with Crippen LogP contribution in [0.2, 0.25) is 0 Å². The van der Waals surface area contributed by atoms with Gasteiger partial charge in [0.05, 0.1) is 11.6 Å². The number of hydrogen-bond donors (Lipinski definition) is 0. The molecule has 0 spiro atoms.